The van der Waals surface area contributed by atoms with Gasteiger partial charge in [-0.25, -0.2) is 9.37 Å². The summed E-state index contributed by atoms with van der Waals surface area (Å²) in [7, 11) is 0. The van der Waals surface area contributed by atoms with Crippen LogP contribution in [0.5, 0.6) is 0 Å². The third kappa shape index (κ3) is 2.51. The summed E-state index contributed by atoms with van der Waals surface area (Å²) in [5.41, 5.74) is 0.488. The Bertz CT molecular complexity index is 517. The molecule has 84 valence electrons. The van der Waals surface area contributed by atoms with E-state index in [9.17, 15) is 9.50 Å². The zero-order valence-electron chi connectivity index (χ0n) is 7.82. The Balaban J connectivity index is 2.33. The normalized spacial score (nSPS) is 12.8. The fourth-order valence-electron chi connectivity index (χ4n) is 1.22. The molecule has 6 heteroatoms. The molecular formula is C10H6Br2FNOS. The highest BCUT2D eigenvalue weighted by molar-refractivity contribution is 9.10. The first-order valence-electron chi connectivity index (χ1n) is 4.32. The van der Waals surface area contributed by atoms with Gasteiger partial charge in [0.15, 0.2) is 0 Å². The lowest BCUT2D eigenvalue weighted by atomic mass is 10.1. The number of halogens is 3. The van der Waals surface area contributed by atoms with Crippen LogP contribution in [-0.4, -0.2) is 10.1 Å². The first-order chi connectivity index (χ1) is 7.58. The quantitative estimate of drug-likeness (QED) is 0.874. The van der Waals surface area contributed by atoms with Crippen LogP contribution < -0.4 is 0 Å². The molecule has 0 bridgehead atoms. The summed E-state index contributed by atoms with van der Waals surface area (Å²) < 4.78 is 14.3. The van der Waals surface area contributed by atoms with E-state index in [-0.39, 0.29) is 0 Å². The van der Waals surface area contributed by atoms with E-state index in [2.05, 4.69) is 36.8 Å². The Morgan fingerprint density at radius 1 is 1.38 bits per heavy atom. The number of hydrogen-bond acceptors (Lipinski definition) is 3. The van der Waals surface area contributed by atoms with Crippen LogP contribution in [-0.2, 0) is 0 Å². The van der Waals surface area contributed by atoms with Gasteiger partial charge in [0.25, 0.3) is 0 Å². The molecule has 0 radical (unpaired) electrons. The Kier molecular flexibility index (Phi) is 3.73. The second-order valence-electron chi connectivity index (χ2n) is 3.08. The third-order valence-corrected chi connectivity index (χ3v) is 4.24. The molecule has 0 aliphatic carbocycles. The lowest BCUT2D eigenvalue weighted by molar-refractivity contribution is 0.219. The minimum Gasteiger partial charge on any atom is -0.381 e. The topological polar surface area (TPSA) is 33.1 Å². The van der Waals surface area contributed by atoms with E-state index in [0.29, 0.717) is 19.6 Å². The molecule has 1 unspecified atom stereocenters. The second-order valence-corrected chi connectivity index (χ2v) is 5.64. The molecule has 2 nitrogen and oxygen atoms in total. The molecule has 1 N–H and O–H groups in total. The number of hydrogen-bond donors (Lipinski definition) is 1. The van der Waals surface area contributed by atoms with Crippen molar-refractivity contribution in [3.8, 4) is 0 Å². The number of rotatable bonds is 2. The van der Waals surface area contributed by atoms with E-state index in [1.165, 1.54) is 17.4 Å². The maximum atomic E-state index is 13.3. The predicted octanol–water partition coefficient (Wildman–Crippen LogP) is 3.89. The lowest BCUT2D eigenvalue weighted by Crippen LogP contribution is -1.99. The number of thiazole rings is 1. The van der Waals surface area contributed by atoms with E-state index in [1.807, 2.05) is 0 Å². The number of aromatic nitrogens is 1. The van der Waals surface area contributed by atoms with Crippen LogP contribution in [0, 0.1) is 5.82 Å². The Hall–Kier alpha value is -0.300. The predicted molar refractivity (Wildman–Crippen MR) is 68.0 cm³/mol. The standard InChI is InChI=1S/C10H6Br2FNOS/c11-6-2-1-5(3-7(6)13)9(15)10-14-8(12)4-16-10/h1-4,9,15H. The van der Waals surface area contributed by atoms with Gasteiger partial charge in [0.1, 0.15) is 21.5 Å². The minimum atomic E-state index is -0.890. The van der Waals surface area contributed by atoms with Gasteiger partial charge in [-0.2, -0.15) is 0 Å². The summed E-state index contributed by atoms with van der Waals surface area (Å²) in [6, 6.07) is 4.52. The Labute approximate surface area is 112 Å². The van der Waals surface area contributed by atoms with Crippen molar-refractivity contribution >= 4 is 43.2 Å². The molecule has 0 fully saturated rings. The number of benzene rings is 1. The van der Waals surface area contributed by atoms with Crippen molar-refractivity contribution in [1.82, 2.24) is 4.98 Å². The van der Waals surface area contributed by atoms with Crippen molar-refractivity contribution in [2.45, 2.75) is 6.10 Å². The monoisotopic (exact) mass is 365 g/mol. The lowest BCUT2D eigenvalue weighted by Gasteiger charge is -2.08. The van der Waals surface area contributed by atoms with Crippen LogP contribution in [0.4, 0.5) is 4.39 Å². The largest absolute Gasteiger partial charge is 0.381 e. The Morgan fingerprint density at radius 3 is 2.69 bits per heavy atom. The van der Waals surface area contributed by atoms with Gasteiger partial charge < -0.3 is 5.11 Å². The van der Waals surface area contributed by atoms with Crippen molar-refractivity contribution in [1.29, 1.82) is 0 Å². The van der Waals surface area contributed by atoms with Gasteiger partial charge in [0.05, 0.1) is 4.47 Å². The summed E-state index contributed by atoms with van der Waals surface area (Å²) in [6.07, 6.45) is -0.890. The van der Waals surface area contributed by atoms with E-state index in [4.69, 9.17) is 0 Å². The van der Waals surface area contributed by atoms with Crippen LogP contribution in [0.1, 0.15) is 16.7 Å². The minimum absolute atomic E-state index is 0.378. The summed E-state index contributed by atoms with van der Waals surface area (Å²) in [6.45, 7) is 0. The average molecular weight is 367 g/mol. The molecule has 1 aromatic carbocycles. The van der Waals surface area contributed by atoms with Gasteiger partial charge in [-0.1, -0.05) is 6.07 Å². The van der Waals surface area contributed by atoms with Crippen LogP contribution in [0.15, 0.2) is 32.7 Å². The fraction of sp³-hybridized carbons (Fsp3) is 0.100. The molecule has 0 spiro atoms. The Morgan fingerprint density at radius 2 is 2.12 bits per heavy atom. The molecule has 0 aliphatic rings. The summed E-state index contributed by atoms with van der Waals surface area (Å²) >= 11 is 7.59. The fourth-order valence-corrected chi connectivity index (χ4v) is 2.74. The molecule has 0 saturated carbocycles. The second kappa shape index (κ2) is 4.91. The molecule has 1 atom stereocenters. The SMILES string of the molecule is OC(c1ccc(Br)c(F)c1)c1nc(Br)cs1. The molecule has 1 heterocycles. The van der Waals surface area contributed by atoms with Crippen LogP contribution in [0.3, 0.4) is 0 Å². The summed E-state index contributed by atoms with van der Waals surface area (Å²) in [5, 5.41) is 12.3. The zero-order chi connectivity index (χ0) is 11.7. The highest BCUT2D eigenvalue weighted by Gasteiger charge is 2.15. The van der Waals surface area contributed by atoms with Gasteiger partial charge in [-0.3, -0.25) is 0 Å². The molecule has 0 aliphatic heterocycles. The number of aliphatic hydroxyl groups excluding tert-OH is 1. The van der Waals surface area contributed by atoms with Crippen molar-refractivity contribution in [2.75, 3.05) is 0 Å². The smallest absolute Gasteiger partial charge is 0.137 e. The van der Waals surface area contributed by atoms with Crippen LogP contribution in [0.2, 0.25) is 0 Å². The molecular weight excluding hydrogens is 361 g/mol. The van der Waals surface area contributed by atoms with Gasteiger partial charge in [0.2, 0.25) is 0 Å². The highest BCUT2D eigenvalue weighted by Crippen LogP contribution is 2.28. The van der Waals surface area contributed by atoms with E-state index < -0.39 is 11.9 Å². The molecule has 16 heavy (non-hydrogen) atoms. The maximum Gasteiger partial charge on any atom is 0.137 e. The van der Waals surface area contributed by atoms with Gasteiger partial charge in [0, 0.05) is 5.38 Å². The van der Waals surface area contributed by atoms with Crippen LogP contribution in [0.25, 0.3) is 0 Å². The molecule has 2 rings (SSSR count). The first-order valence-corrected chi connectivity index (χ1v) is 6.78. The van der Waals surface area contributed by atoms with Crippen molar-refractivity contribution < 1.29 is 9.50 Å². The van der Waals surface area contributed by atoms with E-state index in [0.717, 1.165) is 0 Å². The van der Waals surface area contributed by atoms with Gasteiger partial charge in [-0.05, 0) is 49.6 Å². The highest BCUT2D eigenvalue weighted by atomic mass is 79.9. The molecule has 1 aromatic heterocycles. The number of aliphatic hydroxyl groups is 1. The maximum absolute atomic E-state index is 13.3. The van der Waals surface area contributed by atoms with Crippen molar-refractivity contribution in [2.24, 2.45) is 0 Å². The number of nitrogens with zero attached hydrogens (tertiary/aromatic N) is 1. The summed E-state index contributed by atoms with van der Waals surface area (Å²) in [5.74, 6) is -0.396. The third-order valence-electron chi connectivity index (χ3n) is 1.99. The molecule has 0 amide bonds. The molecule has 0 saturated heterocycles. The van der Waals surface area contributed by atoms with Crippen molar-refractivity contribution in [3.05, 3.63) is 49.0 Å². The molecule has 2 aromatic rings. The zero-order valence-corrected chi connectivity index (χ0v) is 11.8. The van der Waals surface area contributed by atoms with Gasteiger partial charge in [-0.15, -0.1) is 11.3 Å². The van der Waals surface area contributed by atoms with Crippen LogP contribution >= 0.6 is 43.2 Å². The average Bonchev–Trinajstić information content (AvgIpc) is 2.68. The van der Waals surface area contributed by atoms with E-state index >= 15 is 0 Å². The van der Waals surface area contributed by atoms with E-state index in [1.54, 1.807) is 17.5 Å². The van der Waals surface area contributed by atoms with Crippen molar-refractivity contribution in [3.63, 3.8) is 0 Å². The summed E-state index contributed by atoms with van der Waals surface area (Å²) in [4.78, 5) is 4.09. The first kappa shape index (κ1) is 12.2. The van der Waals surface area contributed by atoms with Gasteiger partial charge >= 0.3 is 0 Å².